The first kappa shape index (κ1) is 13.6. The van der Waals surface area contributed by atoms with Crippen LogP contribution >= 0.6 is 11.3 Å². The molecule has 1 fully saturated rings. The average molecular weight is 271 g/mol. The third-order valence-electron chi connectivity index (χ3n) is 2.97. The summed E-state index contributed by atoms with van der Waals surface area (Å²) < 4.78 is 10.7. The quantitative estimate of drug-likeness (QED) is 0.846. The molecule has 0 bridgehead atoms. The second-order valence-electron chi connectivity index (χ2n) is 4.68. The number of rotatable bonds is 6. The molecule has 0 amide bonds. The number of anilines is 1. The van der Waals surface area contributed by atoms with Crippen LogP contribution in [0.15, 0.2) is 0 Å². The van der Waals surface area contributed by atoms with Gasteiger partial charge in [0.15, 0.2) is 5.13 Å². The summed E-state index contributed by atoms with van der Waals surface area (Å²) in [5.41, 5.74) is 0. The number of aromatic nitrogens is 1. The standard InChI is InChI=1S/C12H21N3O2S/c1-15(2)12-14-11(16-3)10(18-12)7-13-6-9-4-5-17-8-9/h9,13H,4-8H2,1-3H3. The normalized spacial score (nSPS) is 19.2. The van der Waals surface area contributed by atoms with Gasteiger partial charge in [0.2, 0.25) is 5.88 Å². The van der Waals surface area contributed by atoms with E-state index >= 15 is 0 Å². The highest BCUT2D eigenvalue weighted by molar-refractivity contribution is 7.15. The monoisotopic (exact) mass is 271 g/mol. The highest BCUT2D eigenvalue weighted by Crippen LogP contribution is 2.30. The Morgan fingerprint density at radius 2 is 2.39 bits per heavy atom. The summed E-state index contributed by atoms with van der Waals surface area (Å²) in [5, 5.41) is 4.44. The number of hydrogen-bond donors (Lipinski definition) is 1. The fourth-order valence-electron chi connectivity index (χ4n) is 1.92. The van der Waals surface area contributed by atoms with Gasteiger partial charge in [0.05, 0.1) is 18.6 Å². The number of methoxy groups -OCH3 is 1. The van der Waals surface area contributed by atoms with Crippen LogP contribution in [-0.2, 0) is 11.3 Å². The zero-order valence-corrected chi connectivity index (χ0v) is 12.0. The van der Waals surface area contributed by atoms with E-state index in [9.17, 15) is 0 Å². The van der Waals surface area contributed by atoms with Crippen LogP contribution in [0.4, 0.5) is 5.13 Å². The second-order valence-corrected chi connectivity index (χ2v) is 5.75. The SMILES string of the molecule is COc1nc(N(C)C)sc1CNCC1CCOC1. The molecule has 102 valence electrons. The maximum Gasteiger partial charge on any atom is 0.230 e. The van der Waals surface area contributed by atoms with Gasteiger partial charge in [-0.15, -0.1) is 0 Å². The van der Waals surface area contributed by atoms with E-state index in [1.165, 1.54) is 0 Å². The van der Waals surface area contributed by atoms with Crippen LogP contribution in [0.3, 0.4) is 0 Å². The van der Waals surface area contributed by atoms with Gasteiger partial charge >= 0.3 is 0 Å². The Balaban J connectivity index is 1.87. The number of hydrogen-bond acceptors (Lipinski definition) is 6. The maximum atomic E-state index is 5.36. The van der Waals surface area contributed by atoms with E-state index in [0.29, 0.717) is 5.92 Å². The lowest BCUT2D eigenvalue weighted by molar-refractivity contribution is 0.185. The lowest BCUT2D eigenvalue weighted by Gasteiger charge is -2.08. The molecule has 6 heteroatoms. The smallest absolute Gasteiger partial charge is 0.230 e. The van der Waals surface area contributed by atoms with Crippen molar-refractivity contribution < 1.29 is 9.47 Å². The van der Waals surface area contributed by atoms with Crippen LogP contribution in [0.25, 0.3) is 0 Å². The predicted octanol–water partition coefficient (Wildman–Crippen LogP) is 1.34. The van der Waals surface area contributed by atoms with Crippen molar-refractivity contribution in [3.05, 3.63) is 4.88 Å². The third-order valence-corrected chi connectivity index (χ3v) is 4.17. The molecule has 1 aromatic rings. The molecule has 18 heavy (non-hydrogen) atoms. The molecule has 1 atom stereocenters. The van der Waals surface area contributed by atoms with Crippen molar-refractivity contribution in [2.24, 2.45) is 5.92 Å². The van der Waals surface area contributed by atoms with Crippen molar-refractivity contribution in [1.82, 2.24) is 10.3 Å². The Morgan fingerprint density at radius 3 is 3.00 bits per heavy atom. The van der Waals surface area contributed by atoms with Crippen LogP contribution in [-0.4, -0.2) is 45.9 Å². The zero-order chi connectivity index (χ0) is 13.0. The molecule has 0 aromatic carbocycles. The van der Waals surface area contributed by atoms with Crippen LogP contribution in [0, 0.1) is 5.92 Å². The van der Waals surface area contributed by atoms with E-state index in [1.807, 2.05) is 19.0 Å². The molecule has 0 spiro atoms. The molecule has 2 rings (SSSR count). The average Bonchev–Trinajstić information content (AvgIpc) is 2.97. The first-order chi connectivity index (χ1) is 8.70. The fraction of sp³-hybridized carbons (Fsp3) is 0.750. The van der Waals surface area contributed by atoms with Gasteiger partial charge in [-0.25, -0.2) is 0 Å². The number of nitrogens with zero attached hydrogens (tertiary/aromatic N) is 2. The van der Waals surface area contributed by atoms with E-state index in [-0.39, 0.29) is 0 Å². The molecular weight excluding hydrogens is 250 g/mol. The summed E-state index contributed by atoms with van der Waals surface area (Å²) in [7, 11) is 5.65. The van der Waals surface area contributed by atoms with Crippen molar-refractivity contribution >= 4 is 16.5 Å². The van der Waals surface area contributed by atoms with E-state index in [1.54, 1.807) is 18.4 Å². The van der Waals surface area contributed by atoms with Crippen molar-refractivity contribution in [3.8, 4) is 5.88 Å². The first-order valence-corrected chi connectivity index (χ1v) is 7.02. The van der Waals surface area contributed by atoms with Crippen molar-refractivity contribution in [1.29, 1.82) is 0 Å². The Bertz CT molecular complexity index is 375. The lowest BCUT2D eigenvalue weighted by atomic mass is 10.1. The number of ether oxygens (including phenoxy) is 2. The molecule has 1 N–H and O–H groups in total. The van der Waals surface area contributed by atoms with Crippen molar-refractivity contribution in [3.63, 3.8) is 0 Å². The van der Waals surface area contributed by atoms with Gasteiger partial charge in [-0.2, -0.15) is 4.98 Å². The molecule has 1 unspecified atom stereocenters. The van der Waals surface area contributed by atoms with E-state index in [2.05, 4.69) is 10.3 Å². The summed E-state index contributed by atoms with van der Waals surface area (Å²) in [5.74, 6) is 1.39. The van der Waals surface area contributed by atoms with Gasteiger partial charge in [-0.05, 0) is 12.3 Å². The molecule has 1 saturated heterocycles. The van der Waals surface area contributed by atoms with E-state index in [4.69, 9.17) is 9.47 Å². The summed E-state index contributed by atoms with van der Waals surface area (Å²) in [4.78, 5) is 7.59. The van der Waals surface area contributed by atoms with Gasteiger partial charge in [0, 0.05) is 33.8 Å². The molecule has 1 aliphatic heterocycles. The highest BCUT2D eigenvalue weighted by atomic mass is 32.1. The van der Waals surface area contributed by atoms with Crippen LogP contribution in [0.1, 0.15) is 11.3 Å². The largest absolute Gasteiger partial charge is 0.480 e. The van der Waals surface area contributed by atoms with E-state index < -0.39 is 0 Å². The molecule has 0 radical (unpaired) electrons. The third kappa shape index (κ3) is 3.34. The van der Waals surface area contributed by atoms with Crippen molar-refractivity contribution in [2.75, 3.05) is 45.9 Å². The summed E-state index contributed by atoms with van der Waals surface area (Å²) in [6.45, 7) is 3.60. The van der Waals surface area contributed by atoms with Gasteiger partial charge in [-0.1, -0.05) is 11.3 Å². The fourth-order valence-corrected chi connectivity index (χ4v) is 2.84. The van der Waals surface area contributed by atoms with E-state index in [0.717, 1.165) is 48.6 Å². The van der Waals surface area contributed by atoms with Crippen LogP contribution < -0.4 is 15.0 Å². The van der Waals surface area contributed by atoms with Gasteiger partial charge in [0.25, 0.3) is 0 Å². The maximum absolute atomic E-state index is 5.36. The minimum absolute atomic E-state index is 0.650. The second kappa shape index (κ2) is 6.36. The molecular formula is C12H21N3O2S. The van der Waals surface area contributed by atoms with Gasteiger partial charge in [-0.3, -0.25) is 0 Å². The minimum Gasteiger partial charge on any atom is -0.480 e. The first-order valence-electron chi connectivity index (χ1n) is 6.20. The van der Waals surface area contributed by atoms with Gasteiger partial charge in [0.1, 0.15) is 0 Å². The lowest BCUT2D eigenvalue weighted by Crippen LogP contribution is -2.22. The highest BCUT2D eigenvalue weighted by Gasteiger charge is 2.16. The van der Waals surface area contributed by atoms with Crippen LogP contribution in [0.2, 0.25) is 0 Å². The summed E-state index contributed by atoms with van der Waals surface area (Å²) in [6, 6.07) is 0. The van der Waals surface area contributed by atoms with Crippen molar-refractivity contribution in [2.45, 2.75) is 13.0 Å². The van der Waals surface area contributed by atoms with Gasteiger partial charge < -0.3 is 19.7 Å². The number of thiazole rings is 1. The predicted molar refractivity (Wildman–Crippen MR) is 73.6 cm³/mol. The summed E-state index contributed by atoms with van der Waals surface area (Å²) in [6.07, 6.45) is 1.16. The topological polar surface area (TPSA) is 46.6 Å². The Labute approximate surface area is 112 Å². The molecule has 1 aromatic heterocycles. The Kier molecular flexibility index (Phi) is 4.79. The Morgan fingerprint density at radius 1 is 1.56 bits per heavy atom. The molecule has 0 saturated carbocycles. The molecule has 5 nitrogen and oxygen atoms in total. The Hall–Kier alpha value is -0.850. The summed E-state index contributed by atoms with van der Waals surface area (Å²) >= 11 is 1.67. The zero-order valence-electron chi connectivity index (χ0n) is 11.2. The molecule has 1 aliphatic rings. The molecule has 2 heterocycles. The van der Waals surface area contributed by atoms with Crippen LogP contribution in [0.5, 0.6) is 5.88 Å². The molecule has 0 aliphatic carbocycles. The minimum atomic E-state index is 0.650. The number of nitrogens with one attached hydrogen (secondary N) is 1.